The highest BCUT2D eigenvalue weighted by Crippen LogP contribution is 2.48. The molecule has 0 unspecified atom stereocenters. The van der Waals surface area contributed by atoms with Gasteiger partial charge in [0.05, 0.1) is 51.1 Å². The number of nitrogens with zero attached hydrogens (tertiary/aromatic N) is 2. The number of nitrogens with one attached hydrogen (secondary N) is 1. The fourth-order valence-corrected chi connectivity index (χ4v) is 5.47. The molecule has 194 valence electrons. The minimum atomic E-state index is -0.587. The molecule has 2 aliphatic rings. The van der Waals surface area contributed by atoms with Gasteiger partial charge in [0, 0.05) is 17.3 Å². The third-order valence-electron chi connectivity index (χ3n) is 6.38. The van der Waals surface area contributed by atoms with Gasteiger partial charge in [0.15, 0.2) is 5.17 Å². The molecule has 2 aliphatic heterocycles. The number of methoxy groups -OCH3 is 3. The Labute approximate surface area is 221 Å². The largest absolute Gasteiger partial charge is 0.497 e. The van der Waals surface area contributed by atoms with Crippen molar-refractivity contribution < 1.29 is 23.8 Å². The summed E-state index contributed by atoms with van der Waals surface area (Å²) < 4.78 is 16.3. The molecule has 0 bridgehead atoms. The summed E-state index contributed by atoms with van der Waals surface area (Å²) in [6, 6.07) is 14.6. The van der Waals surface area contributed by atoms with E-state index in [1.54, 1.807) is 20.3 Å². The summed E-state index contributed by atoms with van der Waals surface area (Å²) in [5.41, 5.74) is 3.57. The molecule has 8 nitrogen and oxygen atoms in total. The van der Waals surface area contributed by atoms with Gasteiger partial charge in [-0.3, -0.25) is 4.79 Å². The predicted octanol–water partition coefficient (Wildman–Crippen LogP) is 5.11. The molecule has 2 aromatic carbocycles. The molecule has 9 heteroatoms. The molecule has 2 aromatic rings. The van der Waals surface area contributed by atoms with Crippen LogP contribution in [0.4, 0.5) is 0 Å². The highest BCUT2D eigenvalue weighted by Gasteiger charge is 2.42. The van der Waals surface area contributed by atoms with Crippen LogP contribution in [0, 0.1) is 0 Å². The molecular formula is C28H31N3O5S. The van der Waals surface area contributed by atoms with Crippen molar-refractivity contribution in [3.05, 3.63) is 82.0 Å². The summed E-state index contributed by atoms with van der Waals surface area (Å²) in [4.78, 5) is 33.0. The zero-order valence-electron chi connectivity index (χ0n) is 21.6. The number of benzene rings is 2. The number of ether oxygens (including phenoxy) is 3. The van der Waals surface area contributed by atoms with E-state index in [9.17, 15) is 9.59 Å². The first kappa shape index (κ1) is 26.3. The van der Waals surface area contributed by atoms with E-state index in [1.807, 2.05) is 66.6 Å². The van der Waals surface area contributed by atoms with Crippen molar-refractivity contribution in [2.45, 2.75) is 38.8 Å². The Kier molecular flexibility index (Phi) is 8.23. The second kappa shape index (κ2) is 11.6. The van der Waals surface area contributed by atoms with Crippen LogP contribution in [0.2, 0.25) is 0 Å². The minimum absolute atomic E-state index is 0.119. The standard InChI is InChI=1S/C28H31N3O5S/c1-6-22-25(27(33)36-5)26(21-13-12-20(34-3)15-23(21)35-4)31-19(16-37-28(31)30-22)14-24(32)29-17(2)18-10-8-7-9-11-18/h7-13,15-17,26H,6,14H2,1-5H3,(H,29,32)/t17-,26-/m1/s1. The topological polar surface area (TPSA) is 89.5 Å². The molecule has 4 rings (SSSR count). The summed E-state index contributed by atoms with van der Waals surface area (Å²) >= 11 is 1.43. The fraction of sp³-hybridized carbons (Fsp3) is 0.321. The lowest BCUT2D eigenvalue weighted by atomic mass is 9.92. The quantitative estimate of drug-likeness (QED) is 0.459. The lowest BCUT2D eigenvalue weighted by Gasteiger charge is -2.37. The highest BCUT2D eigenvalue weighted by atomic mass is 32.2. The van der Waals surface area contributed by atoms with Gasteiger partial charge in [0.1, 0.15) is 11.5 Å². The number of carbonyl (C=O) groups is 2. The second-order valence-electron chi connectivity index (χ2n) is 8.58. The molecule has 0 aliphatic carbocycles. The van der Waals surface area contributed by atoms with Crippen LogP contribution in [-0.2, 0) is 14.3 Å². The molecule has 0 aromatic heterocycles. The SMILES string of the molecule is CCC1=C(C(=O)OC)[C@@H](c2ccc(OC)cc2OC)N2C(CC(=O)N[C@H](C)c3ccccc3)=CSC2=N1. The van der Waals surface area contributed by atoms with Gasteiger partial charge in [0.2, 0.25) is 5.91 Å². The first-order valence-electron chi connectivity index (χ1n) is 12.0. The second-order valence-corrected chi connectivity index (χ2v) is 9.42. The highest BCUT2D eigenvalue weighted by molar-refractivity contribution is 8.16. The smallest absolute Gasteiger partial charge is 0.338 e. The Morgan fingerprint density at radius 3 is 2.51 bits per heavy atom. The van der Waals surface area contributed by atoms with Crippen molar-refractivity contribution in [3.63, 3.8) is 0 Å². The Bertz CT molecular complexity index is 1270. The molecule has 2 atom stereocenters. The van der Waals surface area contributed by atoms with Crippen LogP contribution in [0.3, 0.4) is 0 Å². The number of hydrogen-bond donors (Lipinski definition) is 1. The molecule has 1 N–H and O–H groups in total. The number of esters is 1. The minimum Gasteiger partial charge on any atom is -0.497 e. The van der Waals surface area contributed by atoms with Crippen molar-refractivity contribution in [1.29, 1.82) is 0 Å². The summed E-state index contributed by atoms with van der Waals surface area (Å²) in [6.07, 6.45) is 0.662. The number of aliphatic imine (C=N–C) groups is 1. The number of fused-ring (bicyclic) bond motifs is 1. The van der Waals surface area contributed by atoms with E-state index in [2.05, 4.69) is 5.32 Å². The van der Waals surface area contributed by atoms with Crippen molar-refractivity contribution in [2.75, 3.05) is 21.3 Å². The van der Waals surface area contributed by atoms with Crippen LogP contribution >= 0.6 is 11.8 Å². The van der Waals surface area contributed by atoms with Crippen molar-refractivity contribution in [3.8, 4) is 11.5 Å². The lowest BCUT2D eigenvalue weighted by molar-refractivity contribution is -0.136. The number of carbonyl (C=O) groups excluding carboxylic acids is 2. The van der Waals surface area contributed by atoms with Gasteiger partial charge in [-0.05, 0) is 36.4 Å². The predicted molar refractivity (Wildman–Crippen MR) is 144 cm³/mol. The van der Waals surface area contributed by atoms with Crippen LogP contribution in [0.5, 0.6) is 11.5 Å². The summed E-state index contributed by atoms with van der Waals surface area (Å²) in [7, 11) is 4.52. The first-order chi connectivity index (χ1) is 17.9. The number of amidine groups is 1. The summed E-state index contributed by atoms with van der Waals surface area (Å²) in [5, 5.41) is 5.69. The van der Waals surface area contributed by atoms with Crippen LogP contribution in [0.15, 0.2) is 75.9 Å². The van der Waals surface area contributed by atoms with Crippen molar-refractivity contribution >= 4 is 28.8 Å². The normalized spacial score (nSPS) is 17.4. The molecule has 0 fully saturated rings. The maximum atomic E-state index is 13.1. The van der Waals surface area contributed by atoms with E-state index in [0.29, 0.717) is 34.4 Å². The van der Waals surface area contributed by atoms with E-state index < -0.39 is 12.0 Å². The van der Waals surface area contributed by atoms with E-state index >= 15 is 0 Å². The van der Waals surface area contributed by atoms with Crippen LogP contribution < -0.4 is 14.8 Å². The monoisotopic (exact) mass is 521 g/mol. The van der Waals surface area contributed by atoms with Gasteiger partial charge in [-0.15, -0.1) is 0 Å². The van der Waals surface area contributed by atoms with E-state index in [-0.39, 0.29) is 18.4 Å². The summed E-state index contributed by atoms with van der Waals surface area (Å²) in [6.45, 7) is 3.90. The third kappa shape index (κ3) is 5.36. The number of hydrogen-bond acceptors (Lipinski definition) is 8. The molecule has 0 saturated carbocycles. The van der Waals surface area contributed by atoms with Crippen LogP contribution in [-0.4, -0.2) is 43.3 Å². The van der Waals surface area contributed by atoms with E-state index in [1.165, 1.54) is 18.9 Å². The number of thioether (sulfide) groups is 1. The van der Waals surface area contributed by atoms with Crippen molar-refractivity contribution in [1.82, 2.24) is 10.2 Å². The van der Waals surface area contributed by atoms with Crippen molar-refractivity contribution in [2.24, 2.45) is 4.99 Å². The Morgan fingerprint density at radius 1 is 1.11 bits per heavy atom. The average Bonchev–Trinajstić information content (AvgIpc) is 3.33. The van der Waals surface area contributed by atoms with Gasteiger partial charge < -0.3 is 24.4 Å². The third-order valence-corrected chi connectivity index (χ3v) is 7.27. The molecular weight excluding hydrogens is 490 g/mol. The van der Waals surface area contributed by atoms with E-state index in [0.717, 1.165) is 16.8 Å². The Morgan fingerprint density at radius 2 is 1.86 bits per heavy atom. The molecule has 37 heavy (non-hydrogen) atoms. The average molecular weight is 522 g/mol. The molecule has 2 heterocycles. The first-order valence-corrected chi connectivity index (χ1v) is 12.9. The van der Waals surface area contributed by atoms with Gasteiger partial charge in [-0.2, -0.15) is 0 Å². The summed E-state index contributed by atoms with van der Waals surface area (Å²) in [5.74, 6) is 0.585. The van der Waals surface area contributed by atoms with Gasteiger partial charge in [-0.1, -0.05) is 49.0 Å². The van der Waals surface area contributed by atoms with Gasteiger partial charge in [-0.25, -0.2) is 9.79 Å². The molecule has 1 amide bonds. The molecule has 0 saturated heterocycles. The Balaban J connectivity index is 1.71. The van der Waals surface area contributed by atoms with Crippen LogP contribution in [0.1, 0.15) is 49.9 Å². The number of amides is 1. The number of rotatable bonds is 9. The fourth-order valence-electron chi connectivity index (χ4n) is 4.53. The maximum Gasteiger partial charge on any atom is 0.338 e. The zero-order valence-corrected chi connectivity index (χ0v) is 22.4. The lowest BCUT2D eigenvalue weighted by Crippen LogP contribution is -2.38. The van der Waals surface area contributed by atoms with Gasteiger partial charge in [0.25, 0.3) is 0 Å². The van der Waals surface area contributed by atoms with E-state index in [4.69, 9.17) is 19.2 Å². The Hall–Kier alpha value is -3.72. The number of allylic oxidation sites excluding steroid dienone is 1. The van der Waals surface area contributed by atoms with Gasteiger partial charge >= 0.3 is 5.97 Å². The molecule has 0 spiro atoms. The zero-order chi connectivity index (χ0) is 26.5. The maximum absolute atomic E-state index is 13.1. The van der Waals surface area contributed by atoms with Crippen LogP contribution in [0.25, 0.3) is 0 Å². The molecule has 0 radical (unpaired) electrons.